The molecule has 6 rings (SSSR count). The minimum atomic E-state index is 0.0722. The number of fused-ring (bicyclic) bond motifs is 1. The molecule has 2 saturated heterocycles. The number of aromatic nitrogens is 5. The minimum Gasteiger partial charge on any atom is -0.367 e. The van der Waals surface area contributed by atoms with Crippen molar-refractivity contribution in [1.29, 1.82) is 0 Å². The van der Waals surface area contributed by atoms with Crippen LogP contribution in [0.25, 0.3) is 11.2 Å². The Bertz CT molecular complexity index is 1120. The van der Waals surface area contributed by atoms with E-state index in [1.54, 1.807) is 17.1 Å². The second kappa shape index (κ2) is 8.28. The van der Waals surface area contributed by atoms with Crippen LogP contribution in [-0.4, -0.2) is 74.8 Å². The van der Waals surface area contributed by atoms with Crippen LogP contribution in [0.3, 0.4) is 0 Å². The van der Waals surface area contributed by atoms with E-state index in [2.05, 4.69) is 30.9 Å². The van der Waals surface area contributed by atoms with Crippen molar-refractivity contribution in [3.8, 4) is 0 Å². The molecule has 3 aliphatic rings. The molecule has 3 aromatic heterocycles. The van der Waals surface area contributed by atoms with Crippen molar-refractivity contribution >= 4 is 28.6 Å². The molecule has 5 heterocycles. The highest BCUT2D eigenvalue weighted by Gasteiger charge is 2.39. The lowest BCUT2D eigenvalue weighted by atomic mass is 9.63. The van der Waals surface area contributed by atoms with Crippen LogP contribution >= 0.6 is 0 Å². The van der Waals surface area contributed by atoms with Gasteiger partial charge in [0.25, 0.3) is 0 Å². The van der Waals surface area contributed by atoms with Crippen molar-refractivity contribution in [1.82, 2.24) is 29.6 Å². The summed E-state index contributed by atoms with van der Waals surface area (Å²) in [7, 11) is 0. The van der Waals surface area contributed by atoms with Crippen molar-refractivity contribution < 1.29 is 4.79 Å². The number of anilines is 2. The molecule has 0 atom stereocenters. The molecule has 0 aromatic carbocycles. The van der Waals surface area contributed by atoms with Crippen LogP contribution in [0.1, 0.15) is 32.1 Å². The van der Waals surface area contributed by atoms with Gasteiger partial charge in [0.2, 0.25) is 5.91 Å². The molecule has 1 saturated carbocycles. The Morgan fingerprint density at radius 1 is 0.939 bits per heavy atom. The third kappa shape index (κ3) is 3.89. The first-order valence-electron chi connectivity index (χ1n) is 12.1. The number of carbonyl (C=O) groups excluding carboxylic acids is 1. The first-order valence-corrected chi connectivity index (χ1v) is 12.1. The number of hydrogen-bond donors (Lipinski definition) is 0. The molecular formula is C24H30N8O. The molecule has 9 nitrogen and oxygen atoms in total. The van der Waals surface area contributed by atoms with Gasteiger partial charge >= 0.3 is 0 Å². The molecule has 3 aromatic rings. The molecule has 0 N–H and O–H groups in total. The normalized spacial score (nSPS) is 20.3. The molecule has 1 amide bonds. The Labute approximate surface area is 193 Å². The first kappa shape index (κ1) is 20.4. The monoisotopic (exact) mass is 446 g/mol. The molecule has 1 spiro atoms. The van der Waals surface area contributed by atoms with Gasteiger partial charge in [0.05, 0.1) is 24.3 Å². The predicted molar refractivity (Wildman–Crippen MR) is 126 cm³/mol. The van der Waals surface area contributed by atoms with Crippen molar-refractivity contribution in [3.05, 3.63) is 36.9 Å². The number of piperidine rings is 1. The highest BCUT2D eigenvalue weighted by atomic mass is 16.2. The number of hydrogen-bond acceptors (Lipinski definition) is 7. The zero-order valence-electron chi connectivity index (χ0n) is 18.9. The fourth-order valence-corrected chi connectivity index (χ4v) is 5.48. The number of amides is 1. The lowest BCUT2D eigenvalue weighted by Gasteiger charge is -2.48. The smallest absolute Gasteiger partial charge is 0.244 e. The summed E-state index contributed by atoms with van der Waals surface area (Å²) in [5.41, 5.74) is 3.13. The Morgan fingerprint density at radius 3 is 2.45 bits per heavy atom. The summed E-state index contributed by atoms with van der Waals surface area (Å²) in [6.45, 7) is 5.26. The van der Waals surface area contributed by atoms with Gasteiger partial charge in [-0.25, -0.2) is 14.6 Å². The molecule has 33 heavy (non-hydrogen) atoms. The number of pyridine rings is 1. The number of piperazine rings is 1. The van der Waals surface area contributed by atoms with E-state index in [0.29, 0.717) is 24.2 Å². The summed E-state index contributed by atoms with van der Waals surface area (Å²) in [6.07, 6.45) is 13.9. The van der Waals surface area contributed by atoms with Gasteiger partial charge in [-0.2, -0.15) is 5.10 Å². The Balaban J connectivity index is 1.11. The highest BCUT2D eigenvalue weighted by Crippen LogP contribution is 2.49. The minimum absolute atomic E-state index is 0.0722. The van der Waals surface area contributed by atoms with E-state index in [4.69, 9.17) is 4.98 Å². The summed E-state index contributed by atoms with van der Waals surface area (Å²) in [5, 5.41) is 4.43. The van der Waals surface area contributed by atoms with Crippen LogP contribution in [0.15, 0.2) is 36.9 Å². The summed E-state index contributed by atoms with van der Waals surface area (Å²) < 4.78 is 1.71. The second-order valence-electron chi connectivity index (χ2n) is 9.66. The molecule has 0 radical (unpaired) electrons. The summed E-state index contributed by atoms with van der Waals surface area (Å²) >= 11 is 0. The SMILES string of the molecule is O=C(Cn1ncc2ncc(N3CCC4(CCC4)CC3)nc21)N1CCN(c2cccnc2)CC1. The van der Waals surface area contributed by atoms with E-state index < -0.39 is 0 Å². The topological polar surface area (TPSA) is 83.3 Å². The quantitative estimate of drug-likeness (QED) is 0.608. The van der Waals surface area contributed by atoms with E-state index in [9.17, 15) is 4.79 Å². The Kier molecular flexibility index (Phi) is 5.11. The lowest BCUT2D eigenvalue weighted by Crippen LogP contribution is -2.49. The molecule has 1 aliphatic carbocycles. The van der Waals surface area contributed by atoms with Crippen LogP contribution in [-0.2, 0) is 11.3 Å². The van der Waals surface area contributed by atoms with Crippen molar-refractivity contribution in [2.45, 2.75) is 38.6 Å². The van der Waals surface area contributed by atoms with Crippen LogP contribution in [0.4, 0.5) is 11.5 Å². The van der Waals surface area contributed by atoms with Gasteiger partial charge in [-0.05, 0) is 43.2 Å². The average molecular weight is 447 g/mol. The molecule has 9 heteroatoms. The van der Waals surface area contributed by atoms with E-state index in [1.165, 1.54) is 32.1 Å². The Morgan fingerprint density at radius 2 is 1.76 bits per heavy atom. The number of nitrogens with zero attached hydrogens (tertiary/aromatic N) is 8. The van der Waals surface area contributed by atoms with E-state index in [1.807, 2.05) is 23.4 Å². The van der Waals surface area contributed by atoms with Gasteiger partial charge in [0.1, 0.15) is 17.9 Å². The van der Waals surface area contributed by atoms with E-state index in [-0.39, 0.29) is 12.5 Å². The first-order chi connectivity index (χ1) is 16.2. The molecule has 3 fully saturated rings. The van der Waals surface area contributed by atoms with E-state index >= 15 is 0 Å². The van der Waals surface area contributed by atoms with Gasteiger partial charge in [0, 0.05) is 45.5 Å². The number of carbonyl (C=O) groups is 1. The largest absolute Gasteiger partial charge is 0.367 e. The maximum absolute atomic E-state index is 13.0. The third-order valence-electron chi connectivity index (χ3n) is 7.82. The molecule has 2 aliphatic heterocycles. The van der Waals surface area contributed by atoms with Crippen LogP contribution in [0.5, 0.6) is 0 Å². The van der Waals surface area contributed by atoms with Gasteiger partial charge in [0.15, 0.2) is 5.65 Å². The van der Waals surface area contributed by atoms with Crippen LogP contribution in [0.2, 0.25) is 0 Å². The summed E-state index contributed by atoms with van der Waals surface area (Å²) in [6, 6.07) is 4.01. The van der Waals surface area contributed by atoms with Gasteiger partial charge in [-0.3, -0.25) is 9.78 Å². The zero-order chi connectivity index (χ0) is 22.3. The molecule has 0 unspecified atom stereocenters. The Hall–Kier alpha value is -3.23. The fraction of sp³-hybridized carbons (Fsp3) is 0.542. The molecule has 0 bridgehead atoms. The van der Waals surface area contributed by atoms with Crippen LogP contribution in [0, 0.1) is 5.41 Å². The average Bonchev–Trinajstić information content (AvgIpc) is 3.25. The van der Waals surface area contributed by atoms with Crippen molar-refractivity contribution in [2.24, 2.45) is 5.41 Å². The predicted octanol–water partition coefficient (Wildman–Crippen LogP) is 2.34. The molecular weight excluding hydrogens is 416 g/mol. The fourth-order valence-electron chi connectivity index (χ4n) is 5.48. The van der Waals surface area contributed by atoms with Gasteiger partial charge < -0.3 is 14.7 Å². The van der Waals surface area contributed by atoms with Gasteiger partial charge in [-0.1, -0.05) is 6.42 Å². The van der Waals surface area contributed by atoms with Gasteiger partial charge in [-0.15, -0.1) is 0 Å². The van der Waals surface area contributed by atoms with E-state index in [0.717, 1.165) is 43.2 Å². The third-order valence-corrected chi connectivity index (χ3v) is 7.82. The lowest BCUT2D eigenvalue weighted by molar-refractivity contribution is -0.132. The second-order valence-corrected chi connectivity index (χ2v) is 9.66. The maximum atomic E-state index is 13.0. The number of rotatable bonds is 4. The van der Waals surface area contributed by atoms with Crippen molar-refractivity contribution in [3.63, 3.8) is 0 Å². The van der Waals surface area contributed by atoms with Crippen LogP contribution < -0.4 is 9.80 Å². The summed E-state index contributed by atoms with van der Waals surface area (Å²) in [5.74, 6) is 0.971. The highest BCUT2D eigenvalue weighted by molar-refractivity contribution is 5.79. The summed E-state index contributed by atoms with van der Waals surface area (Å²) in [4.78, 5) is 33.2. The van der Waals surface area contributed by atoms with Crippen molar-refractivity contribution in [2.75, 3.05) is 49.1 Å². The standard InChI is InChI=1S/C24H30N8O/c33-22(31-13-11-29(12-14-31)19-3-1-8-25-15-19)18-32-23-20(16-27-32)26-17-21(28-23)30-9-6-24(7-10-30)4-2-5-24/h1,3,8,15-17H,2,4-7,9-14,18H2. The molecule has 172 valence electrons. The maximum Gasteiger partial charge on any atom is 0.244 e. The zero-order valence-corrected chi connectivity index (χ0v) is 18.9.